The molecule has 0 spiro atoms. The molecule has 0 bridgehead atoms. The van der Waals surface area contributed by atoms with E-state index in [-0.39, 0.29) is 22.1 Å². The Bertz CT molecular complexity index is 914. The van der Waals surface area contributed by atoms with Gasteiger partial charge in [-0.15, -0.1) is 0 Å². The van der Waals surface area contributed by atoms with Crippen molar-refractivity contribution >= 4 is 17.5 Å². The number of benzene rings is 2. The fourth-order valence-corrected chi connectivity index (χ4v) is 2.77. The number of carbonyl (C=O) groups excluding carboxylic acids is 2. The van der Waals surface area contributed by atoms with Gasteiger partial charge < -0.3 is 4.74 Å². The summed E-state index contributed by atoms with van der Waals surface area (Å²) in [6.07, 6.45) is -10.4. The van der Waals surface area contributed by atoms with E-state index in [4.69, 9.17) is 0 Å². The van der Waals surface area contributed by atoms with Crippen LogP contribution >= 0.6 is 0 Å². The number of imide groups is 1. The number of ether oxygens (including phenoxy) is 1. The third-order valence-corrected chi connectivity index (χ3v) is 3.95. The van der Waals surface area contributed by atoms with Crippen LogP contribution in [0.5, 0.6) is 5.75 Å². The van der Waals surface area contributed by atoms with E-state index >= 15 is 0 Å². The van der Waals surface area contributed by atoms with Crippen molar-refractivity contribution in [2.45, 2.75) is 12.4 Å². The van der Waals surface area contributed by atoms with Gasteiger partial charge in [-0.1, -0.05) is 12.1 Å². The number of amides is 2. The number of rotatable bonds is 2. The zero-order chi connectivity index (χ0) is 20.1. The second-order valence-electron chi connectivity index (χ2n) is 5.56. The van der Waals surface area contributed by atoms with E-state index in [0.29, 0.717) is 6.07 Å². The monoisotopic (exact) mass is 389 g/mol. The summed E-state index contributed by atoms with van der Waals surface area (Å²) in [7, 11) is 0.845. The molecule has 0 saturated carbocycles. The van der Waals surface area contributed by atoms with E-state index in [1.807, 2.05) is 0 Å². The molecule has 0 unspecified atom stereocenters. The van der Waals surface area contributed by atoms with Crippen molar-refractivity contribution < 1.29 is 40.7 Å². The highest BCUT2D eigenvalue weighted by atomic mass is 19.4. The number of nitrogens with zero attached hydrogens (tertiary/aromatic N) is 1. The number of hydrogen-bond acceptors (Lipinski definition) is 3. The lowest BCUT2D eigenvalue weighted by molar-refractivity contribution is -0.142. The molecule has 0 aromatic heterocycles. The number of anilines is 1. The maximum Gasteiger partial charge on any atom is 0.418 e. The van der Waals surface area contributed by atoms with Gasteiger partial charge in [0.25, 0.3) is 11.8 Å². The van der Waals surface area contributed by atoms with Crippen molar-refractivity contribution in [1.82, 2.24) is 0 Å². The summed E-state index contributed by atoms with van der Waals surface area (Å²) in [6, 6.07) is 5.44. The van der Waals surface area contributed by atoms with Crippen LogP contribution in [0.2, 0.25) is 0 Å². The van der Waals surface area contributed by atoms with Crippen molar-refractivity contribution in [2.75, 3.05) is 12.0 Å². The Labute approximate surface area is 147 Å². The summed E-state index contributed by atoms with van der Waals surface area (Å²) in [5.41, 5.74) is -4.81. The van der Waals surface area contributed by atoms with Gasteiger partial charge in [0.15, 0.2) is 0 Å². The maximum absolute atomic E-state index is 13.5. The van der Waals surface area contributed by atoms with E-state index in [1.165, 1.54) is 24.3 Å². The molecule has 2 aromatic rings. The van der Waals surface area contributed by atoms with Crippen molar-refractivity contribution in [1.29, 1.82) is 0 Å². The maximum atomic E-state index is 13.5. The van der Waals surface area contributed by atoms with Gasteiger partial charge in [0, 0.05) is 0 Å². The van der Waals surface area contributed by atoms with Crippen molar-refractivity contribution in [3.8, 4) is 5.75 Å². The second kappa shape index (κ2) is 6.00. The average molecular weight is 389 g/mol. The van der Waals surface area contributed by atoms with Gasteiger partial charge in [-0.2, -0.15) is 26.3 Å². The molecule has 0 fully saturated rings. The lowest BCUT2D eigenvalue weighted by atomic mass is 10.0. The molecule has 0 saturated heterocycles. The number of halogens is 6. The number of alkyl halides is 6. The lowest BCUT2D eigenvalue weighted by Crippen LogP contribution is -2.32. The van der Waals surface area contributed by atoms with Gasteiger partial charge in [0.2, 0.25) is 0 Å². The molecule has 1 aliphatic heterocycles. The third kappa shape index (κ3) is 3.00. The Hall–Kier alpha value is -3.04. The highest BCUT2D eigenvalue weighted by Crippen LogP contribution is 2.47. The highest BCUT2D eigenvalue weighted by Gasteiger charge is 2.46. The minimum Gasteiger partial charge on any atom is -0.495 e. The minimum absolute atomic E-state index is 0.151. The van der Waals surface area contributed by atoms with Gasteiger partial charge in [0.05, 0.1) is 29.4 Å². The molecule has 27 heavy (non-hydrogen) atoms. The quantitative estimate of drug-likeness (QED) is 0.560. The number of methoxy groups -OCH3 is 1. The molecule has 0 aliphatic carbocycles. The molecule has 3 rings (SSSR count). The summed E-state index contributed by atoms with van der Waals surface area (Å²) in [5, 5.41) is 0. The minimum atomic E-state index is -5.28. The zero-order valence-corrected chi connectivity index (χ0v) is 13.4. The van der Waals surface area contributed by atoms with Gasteiger partial charge >= 0.3 is 12.4 Å². The summed E-state index contributed by atoms with van der Waals surface area (Å²) in [5.74, 6) is -3.06. The predicted molar refractivity (Wildman–Crippen MR) is 80.6 cm³/mol. The van der Waals surface area contributed by atoms with E-state index in [1.54, 1.807) is 0 Å². The fourth-order valence-electron chi connectivity index (χ4n) is 2.77. The number of fused-ring (bicyclic) bond motifs is 1. The molecule has 0 radical (unpaired) electrons. The number of hydrogen-bond donors (Lipinski definition) is 0. The standard InChI is InChI=1S/C17H9F6NO3/c1-27-12-7-8(16(18,19)20)6-11(17(21,22)23)13(12)24-14(25)9-4-2-3-5-10(9)15(24)26/h2-7H,1H3. The molecule has 10 heteroatoms. The molecular weight excluding hydrogens is 380 g/mol. The summed E-state index contributed by atoms with van der Waals surface area (Å²) in [4.78, 5) is 25.2. The first kappa shape index (κ1) is 18.7. The topological polar surface area (TPSA) is 46.6 Å². The van der Waals surface area contributed by atoms with Gasteiger partial charge in [0.1, 0.15) is 11.4 Å². The molecule has 2 aromatic carbocycles. The Kier molecular flexibility index (Phi) is 4.16. The molecule has 2 amide bonds. The van der Waals surface area contributed by atoms with Crippen LogP contribution in [0, 0.1) is 0 Å². The van der Waals surface area contributed by atoms with Crippen LogP contribution in [0.1, 0.15) is 31.8 Å². The summed E-state index contributed by atoms with van der Waals surface area (Å²) < 4.78 is 84.1. The summed E-state index contributed by atoms with van der Waals surface area (Å²) in [6.45, 7) is 0. The van der Waals surface area contributed by atoms with Crippen LogP contribution in [0.15, 0.2) is 36.4 Å². The van der Waals surface area contributed by atoms with Crippen molar-refractivity contribution in [3.63, 3.8) is 0 Å². The average Bonchev–Trinajstić information content (AvgIpc) is 2.83. The zero-order valence-electron chi connectivity index (χ0n) is 13.4. The first-order chi connectivity index (χ1) is 12.5. The Morgan fingerprint density at radius 2 is 1.37 bits per heavy atom. The molecule has 1 aliphatic rings. The van der Waals surface area contributed by atoms with Gasteiger partial charge in [-0.3, -0.25) is 9.59 Å². The molecule has 1 heterocycles. The van der Waals surface area contributed by atoms with Crippen LogP contribution < -0.4 is 9.64 Å². The van der Waals surface area contributed by atoms with Crippen molar-refractivity contribution in [3.05, 3.63) is 58.7 Å². The number of carbonyl (C=O) groups is 2. The first-order valence-electron chi connectivity index (χ1n) is 7.31. The van der Waals surface area contributed by atoms with E-state index in [9.17, 15) is 35.9 Å². The SMILES string of the molecule is COc1cc(C(F)(F)F)cc(C(F)(F)F)c1N1C(=O)c2ccccc2C1=O. The van der Waals surface area contributed by atoms with Gasteiger partial charge in [-0.25, -0.2) is 4.90 Å². The van der Waals surface area contributed by atoms with Gasteiger partial charge in [-0.05, 0) is 24.3 Å². The predicted octanol–water partition coefficient (Wildman–Crippen LogP) is 4.53. The van der Waals surface area contributed by atoms with Crippen molar-refractivity contribution in [2.24, 2.45) is 0 Å². The molecule has 0 atom stereocenters. The van der Waals surface area contributed by atoms with Crippen LogP contribution in [0.25, 0.3) is 0 Å². The van der Waals surface area contributed by atoms with Crippen LogP contribution in [-0.4, -0.2) is 18.9 Å². The molecule has 0 N–H and O–H groups in total. The first-order valence-corrected chi connectivity index (χ1v) is 7.31. The normalized spacial score (nSPS) is 14.6. The third-order valence-electron chi connectivity index (χ3n) is 3.95. The lowest BCUT2D eigenvalue weighted by Gasteiger charge is -2.24. The molecular formula is C17H9F6NO3. The second-order valence-corrected chi connectivity index (χ2v) is 5.56. The highest BCUT2D eigenvalue weighted by molar-refractivity contribution is 6.35. The van der Waals surface area contributed by atoms with E-state index in [0.717, 1.165) is 7.11 Å². The summed E-state index contributed by atoms with van der Waals surface area (Å²) >= 11 is 0. The fraction of sp³-hybridized carbons (Fsp3) is 0.176. The largest absolute Gasteiger partial charge is 0.495 e. The molecule has 4 nitrogen and oxygen atoms in total. The van der Waals surface area contributed by atoms with Crippen LogP contribution in [-0.2, 0) is 12.4 Å². The Morgan fingerprint density at radius 1 is 0.852 bits per heavy atom. The van der Waals surface area contributed by atoms with Crippen LogP contribution in [0.3, 0.4) is 0 Å². The smallest absolute Gasteiger partial charge is 0.418 e. The Balaban J connectivity index is 2.30. The van der Waals surface area contributed by atoms with E-state index < -0.39 is 46.7 Å². The van der Waals surface area contributed by atoms with Crippen LogP contribution in [0.4, 0.5) is 32.0 Å². The molecule has 142 valence electrons. The Morgan fingerprint density at radius 3 is 1.78 bits per heavy atom. The van der Waals surface area contributed by atoms with E-state index in [2.05, 4.69) is 4.74 Å².